The summed E-state index contributed by atoms with van der Waals surface area (Å²) < 4.78 is 1.23. The van der Waals surface area contributed by atoms with Gasteiger partial charge in [-0.2, -0.15) is 0 Å². The molecule has 0 aliphatic carbocycles. The van der Waals surface area contributed by atoms with Crippen molar-refractivity contribution >= 4 is 27.7 Å². The van der Waals surface area contributed by atoms with Crippen molar-refractivity contribution in [2.45, 2.75) is 45.6 Å². The molecule has 0 spiro atoms. The minimum absolute atomic E-state index is 0.703. The van der Waals surface area contributed by atoms with Gasteiger partial charge in [-0.15, -0.1) is 11.8 Å². The van der Waals surface area contributed by atoms with Crippen molar-refractivity contribution in [1.82, 2.24) is 5.32 Å². The van der Waals surface area contributed by atoms with E-state index in [9.17, 15) is 0 Å². The molecular weight excluding hydrogens is 318 g/mol. The van der Waals surface area contributed by atoms with Gasteiger partial charge in [-0.25, -0.2) is 0 Å². The van der Waals surface area contributed by atoms with Crippen LogP contribution >= 0.6 is 27.7 Å². The molecule has 0 atom stereocenters. The van der Waals surface area contributed by atoms with Crippen LogP contribution in [0.3, 0.4) is 0 Å². The van der Waals surface area contributed by atoms with Crippen LogP contribution in [0.1, 0.15) is 39.7 Å². The first-order valence-electron chi connectivity index (χ1n) is 7.11. The second-order valence-electron chi connectivity index (χ2n) is 5.82. The lowest BCUT2D eigenvalue weighted by Crippen LogP contribution is -2.18. The summed E-state index contributed by atoms with van der Waals surface area (Å²) in [4.78, 5) is 1.35. The van der Waals surface area contributed by atoms with Crippen LogP contribution in [0.15, 0.2) is 27.6 Å². The van der Waals surface area contributed by atoms with Crippen LogP contribution in [0.25, 0.3) is 0 Å². The van der Waals surface area contributed by atoms with Crippen LogP contribution < -0.4 is 5.32 Å². The van der Waals surface area contributed by atoms with Crippen LogP contribution in [0.5, 0.6) is 0 Å². The smallest absolute Gasteiger partial charge is 0.0314 e. The number of halogens is 1. The van der Waals surface area contributed by atoms with Crippen molar-refractivity contribution in [3.63, 3.8) is 0 Å². The summed E-state index contributed by atoms with van der Waals surface area (Å²) in [7, 11) is 0. The maximum atomic E-state index is 3.69. The molecule has 0 fully saturated rings. The molecule has 0 aliphatic rings. The molecule has 3 heteroatoms. The molecule has 1 N–H and O–H groups in total. The first-order valence-corrected chi connectivity index (χ1v) is 8.88. The minimum Gasteiger partial charge on any atom is -0.312 e. The lowest BCUT2D eigenvalue weighted by molar-refractivity contribution is 0.552. The third kappa shape index (κ3) is 7.38. The van der Waals surface area contributed by atoms with Gasteiger partial charge < -0.3 is 5.32 Å². The van der Waals surface area contributed by atoms with E-state index in [0.717, 1.165) is 19.0 Å². The maximum Gasteiger partial charge on any atom is 0.0314 e. The molecule has 0 heterocycles. The zero-order chi connectivity index (χ0) is 14.3. The summed E-state index contributed by atoms with van der Waals surface area (Å²) in [6.07, 6.45) is 1.27. The van der Waals surface area contributed by atoms with Gasteiger partial charge in [0.15, 0.2) is 0 Å². The molecule has 0 aliphatic heterocycles. The van der Waals surface area contributed by atoms with Crippen molar-refractivity contribution in [1.29, 1.82) is 0 Å². The zero-order valence-corrected chi connectivity index (χ0v) is 14.9. The highest BCUT2D eigenvalue weighted by molar-refractivity contribution is 9.10. The largest absolute Gasteiger partial charge is 0.312 e. The van der Waals surface area contributed by atoms with E-state index in [4.69, 9.17) is 0 Å². The predicted octanol–water partition coefficient (Wildman–Crippen LogP) is 5.33. The summed E-state index contributed by atoms with van der Waals surface area (Å²) in [5.41, 5.74) is 1.35. The number of hydrogen-bond acceptors (Lipinski definition) is 2. The molecule has 108 valence electrons. The lowest BCUT2D eigenvalue weighted by atomic mass is 10.2. The van der Waals surface area contributed by atoms with E-state index in [2.05, 4.69) is 67.1 Å². The van der Waals surface area contributed by atoms with Crippen LogP contribution in [-0.2, 0) is 6.54 Å². The van der Waals surface area contributed by atoms with Crippen LogP contribution in [0.2, 0.25) is 0 Å². The lowest BCUT2D eigenvalue weighted by Gasteiger charge is -2.10. The third-order valence-corrected chi connectivity index (χ3v) is 4.86. The minimum atomic E-state index is 0.703. The van der Waals surface area contributed by atoms with Gasteiger partial charge in [0.25, 0.3) is 0 Å². The van der Waals surface area contributed by atoms with Crippen LogP contribution in [-0.4, -0.2) is 12.3 Å². The van der Waals surface area contributed by atoms with Crippen molar-refractivity contribution in [3.05, 3.63) is 28.2 Å². The van der Waals surface area contributed by atoms with Gasteiger partial charge in [0.1, 0.15) is 0 Å². The topological polar surface area (TPSA) is 12.0 Å². The summed E-state index contributed by atoms with van der Waals surface area (Å²) >= 11 is 5.63. The highest BCUT2D eigenvalue weighted by Crippen LogP contribution is 2.29. The summed E-state index contributed by atoms with van der Waals surface area (Å²) in [5.74, 6) is 2.68. The molecular formula is C16H26BrNS. The fourth-order valence-corrected chi connectivity index (χ4v) is 3.62. The first kappa shape index (κ1) is 17.1. The average molecular weight is 344 g/mol. The highest BCUT2D eigenvalue weighted by atomic mass is 79.9. The molecule has 0 unspecified atom stereocenters. The second-order valence-corrected chi connectivity index (χ2v) is 7.81. The van der Waals surface area contributed by atoms with Crippen molar-refractivity contribution in [3.8, 4) is 0 Å². The van der Waals surface area contributed by atoms with Gasteiger partial charge in [0, 0.05) is 15.9 Å². The SMILES string of the molecule is CC(C)CCSc1ccc(CNCC(C)C)cc1Br. The van der Waals surface area contributed by atoms with Gasteiger partial charge >= 0.3 is 0 Å². The summed E-state index contributed by atoms with van der Waals surface area (Å²) in [6.45, 7) is 11.0. The Morgan fingerprint density at radius 3 is 2.47 bits per heavy atom. The normalized spacial score (nSPS) is 11.5. The maximum absolute atomic E-state index is 3.69. The van der Waals surface area contributed by atoms with E-state index >= 15 is 0 Å². The Morgan fingerprint density at radius 1 is 1.16 bits per heavy atom. The van der Waals surface area contributed by atoms with E-state index in [0.29, 0.717) is 5.92 Å². The fraction of sp³-hybridized carbons (Fsp3) is 0.625. The average Bonchev–Trinajstić information content (AvgIpc) is 2.31. The van der Waals surface area contributed by atoms with Crippen molar-refractivity contribution < 1.29 is 0 Å². The Morgan fingerprint density at radius 2 is 1.89 bits per heavy atom. The quantitative estimate of drug-likeness (QED) is 0.640. The highest BCUT2D eigenvalue weighted by Gasteiger charge is 2.03. The first-order chi connectivity index (χ1) is 8.99. The van der Waals surface area contributed by atoms with Crippen molar-refractivity contribution in [2.24, 2.45) is 11.8 Å². The number of hydrogen-bond donors (Lipinski definition) is 1. The monoisotopic (exact) mass is 343 g/mol. The Balaban J connectivity index is 2.45. The molecule has 1 nitrogen and oxygen atoms in total. The number of thioether (sulfide) groups is 1. The molecule has 0 radical (unpaired) electrons. The van der Waals surface area contributed by atoms with Gasteiger partial charge in [0.2, 0.25) is 0 Å². The Bertz CT molecular complexity index is 377. The molecule has 0 aromatic heterocycles. The third-order valence-electron chi connectivity index (χ3n) is 2.83. The second kappa shape index (κ2) is 9.04. The van der Waals surface area contributed by atoms with E-state index in [1.165, 1.54) is 27.1 Å². The summed E-state index contributed by atoms with van der Waals surface area (Å²) in [5, 5.41) is 3.48. The summed E-state index contributed by atoms with van der Waals surface area (Å²) in [6, 6.07) is 6.71. The van der Waals surface area contributed by atoms with E-state index in [1.54, 1.807) is 0 Å². The van der Waals surface area contributed by atoms with Gasteiger partial charge in [-0.1, -0.05) is 33.8 Å². The molecule has 0 amide bonds. The molecule has 1 aromatic rings. The van der Waals surface area contributed by atoms with Crippen LogP contribution in [0, 0.1) is 11.8 Å². The Kier molecular flexibility index (Phi) is 8.12. The van der Waals surface area contributed by atoms with E-state index < -0.39 is 0 Å². The zero-order valence-electron chi connectivity index (χ0n) is 12.5. The van der Waals surface area contributed by atoms with E-state index in [-0.39, 0.29) is 0 Å². The Hall–Kier alpha value is 0.01000. The van der Waals surface area contributed by atoms with Crippen LogP contribution in [0.4, 0.5) is 0 Å². The van der Waals surface area contributed by atoms with Gasteiger partial charge in [-0.05, 0) is 64.2 Å². The Labute approximate surface area is 131 Å². The molecule has 1 rings (SSSR count). The number of benzene rings is 1. The molecule has 19 heavy (non-hydrogen) atoms. The van der Waals surface area contributed by atoms with Gasteiger partial charge in [-0.3, -0.25) is 0 Å². The molecule has 0 bridgehead atoms. The standard InChI is InChI=1S/C16H26BrNS/c1-12(2)7-8-19-16-6-5-14(9-15(16)17)11-18-10-13(3)4/h5-6,9,12-13,18H,7-8,10-11H2,1-4H3. The van der Waals surface area contributed by atoms with Gasteiger partial charge in [0.05, 0.1) is 0 Å². The van der Waals surface area contributed by atoms with E-state index in [1.807, 2.05) is 11.8 Å². The molecule has 0 saturated carbocycles. The number of nitrogens with one attached hydrogen (secondary N) is 1. The number of rotatable bonds is 8. The fourth-order valence-electron chi connectivity index (χ4n) is 1.68. The van der Waals surface area contributed by atoms with Crippen molar-refractivity contribution in [2.75, 3.05) is 12.3 Å². The molecule has 1 aromatic carbocycles. The predicted molar refractivity (Wildman–Crippen MR) is 90.9 cm³/mol. The molecule has 0 saturated heterocycles.